The Morgan fingerprint density at radius 1 is 1.05 bits per heavy atom. The molecule has 0 aliphatic heterocycles. The molecule has 1 rings (SSSR count). The van der Waals surface area contributed by atoms with Crippen LogP contribution in [0, 0.1) is 0 Å². The molecule has 0 atom stereocenters. The van der Waals surface area contributed by atoms with E-state index < -0.39 is 11.7 Å². The minimum Gasteiger partial charge on any atom is -0.494 e. The molecular formula is C16H24F3NO. The van der Waals surface area contributed by atoms with E-state index in [1.54, 1.807) is 6.07 Å². The number of rotatable bonds is 9. The molecule has 21 heavy (non-hydrogen) atoms. The first-order valence-corrected chi connectivity index (χ1v) is 7.52. The van der Waals surface area contributed by atoms with Gasteiger partial charge in [0.2, 0.25) is 0 Å². The summed E-state index contributed by atoms with van der Waals surface area (Å²) in [5.41, 5.74) is 4.72. The van der Waals surface area contributed by atoms with Crippen LogP contribution in [0.4, 0.5) is 13.2 Å². The molecule has 0 fully saturated rings. The normalized spacial score (nSPS) is 11.7. The van der Waals surface area contributed by atoms with Gasteiger partial charge in [0.25, 0.3) is 0 Å². The summed E-state index contributed by atoms with van der Waals surface area (Å²) >= 11 is 0. The Morgan fingerprint density at radius 3 is 2.33 bits per heavy atom. The molecule has 0 unspecified atom stereocenters. The van der Waals surface area contributed by atoms with E-state index in [1.807, 2.05) is 0 Å². The molecule has 2 nitrogen and oxygen atoms in total. The summed E-state index contributed by atoms with van der Waals surface area (Å²) in [6, 6.07) is 3.98. The van der Waals surface area contributed by atoms with Crippen LogP contribution in [0.25, 0.3) is 0 Å². The molecule has 0 aliphatic carbocycles. The number of hydrogen-bond donors (Lipinski definition) is 1. The maximum atomic E-state index is 12.9. The van der Waals surface area contributed by atoms with Gasteiger partial charge in [0.1, 0.15) is 5.75 Å². The first kappa shape index (κ1) is 17.8. The van der Waals surface area contributed by atoms with Crippen molar-refractivity contribution in [3.05, 3.63) is 29.3 Å². The van der Waals surface area contributed by atoms with Crippen LogP contribution < -0.4 is 10.5 Å². The van der Waals surface area contributed by atoms with Crippen molar-refractivity contribution in [2.45, 2.75) is 58.2 Å². The van der Waals surface area contributed by atoms with Gasteiger partial charge in [-0.3, -0.25) is 0 Å². The van der Waals surface area contributed by atoms with Crippen LogP contribution >= 0.6 is 0 Å². The smallest absolute Gasteiger partial charge is 0.416 e. The van der Waals surface area contributed by atoms with Crippen LogP contribution in [0.1, 0.15) is 56.6 Å². The molecule has 1 aromatic carbocycles. The van der Waals surface area contributed by atoms with Gasteiger partial charge in [-0.1, -0.05) is 45.1 Å². The molecular weight excluding hydrogens is 279 g/mol. The lowest BCUT2D eigenvalue weighted by atomic mass is 10.1. The van der Waals surface area contributed by atoms with Crippen molar-refractivity contribution in [2.24, 2.45) is 5.73 Å². The quantitative estimate of drug-likeness (QED) is 0.658. The second-order valence-corrected chi connectivity index (χ2v) is 5.14. The number of hydrogen-bond acceptors (Lipinski definition) is 2. The molecule has 2 N–H and O–H groups in total. The van der Waals surface area contributed by atoms with E-state index >= 15 is 0 Å². The summed E-state index contributed by atoms with van der Waals surface area (Å²) in [4.78, 5) is 0. The first-order valence-electron chi connectivity index (χ1n) is 7.52. The summed E-state index contributed by atoms with van der Waals surface area (Å²) in [5.74, 6) is 0.257. The highest BCUT2D eigenvalue weighted by Gasteiger charge is 2.33. The largest absolute Gasteiger partial charge is 0.494 e. The third kappa shape index (κ3) is 6.38. The van der Waals surface area contributed by atoms with Gasteiger partial charge in [0.05, 0.1) is 12.2 Å². The molecule has 0 spiro atoms. The van der Waals surface area contributed by atoms with Gasteiger partial charge in [0, 0.05) is 6.54 Å². The monoisotopic (exact) mass is 303 g/mol. The number of ether oxygens (including phenoxy) is 1. The van der Waals surface area contributed by atoms with Crippen molar-refractivity contribution in [3.8, 4) is 5.75 Å². The van der Waals surface area contributed by atoms with E-state index in [9.17, 15) is 13.2 Å². The van der Waals surface area contributed by atoms with E-state index in [1.165, 1.54) is 25.3 Å². The lowest BCUT2D eigenvalue weighted by molar-refractivity contribution is -0.138. The minimum absolute atomic E-state index is 0.0921. The predicted molar refractivity (Wildman–Crippen MR) is 78.2 cm³/mol. The lowest BCUT2D eigenvalue weighted by Crippen LogP contribution is -2.12. The van der Waals surface area contributed by atoms with Crippen LogP contribution in [-0.2, 0) is 12.7 Å². The van der Waals surface area contributed by atoms with Gasteiger partial charge >= 0.3 is 6.18 Å². The van der Waals surface area contributed by atoms with E-state index in [2.05, 4.69) is 6.92 Å². The van der Waals surface area contributed by atoms with Gasteiger partial charge in [-0.15, -0.1) is 0 Å². The number of benzene rings is 1. The minimum atomic E-state index is -4.39. The summed E-state index contributed by atoms with van der Waals surface area (Å²) in [6.07, 6.45) is 2.31. The third-order valence-electron chi connectivity index (χ3n) is 3.37. The lowest BCUT2D eigenvalue weighted by Gasteiger charge is -2.14. The summed E-state index contributed by atoms with van der Waals surface area (Å²) in [7, 11) is 0. The summed E-state index contributed by atoms with van der Waals surface area (Å²) < 4.78 is 44.0. The molecule has 0 bridgehead atoms. The van der Waals surface area contributed by atoms with E-state index in [4.69, 9.17) is 10.5 Å². The van der Waals surface area contributed by atoms with E-state index in [-0.39, 0.29) is 17.9 Å². The van der Waals surface area contributed by atoms with Gasteiger partial charge in [-0.25, -0.2) is 0 Å². The number of halogens is 3. The van der Waals surface area contributed by atoms with E-state index in [0.717, 1.165) is 25.3 Å². The summed E-state index contributed by atoms with van der Waals surface area (Å²) in [5, 5.41) is 0. The maximum Gasteiger partial charge on any atom is 0.416 e. The van der Waals surface area contributed by atoms with Crippen LogP contribution in [0.2, 0.25) is 0 Å². The summed E-state index contributed by atoms with van der Waals surface area (Å²) in [6.45, 7) is 2.48. The van der Waals surface area contributed by atoms with Gasteiger partial charge in [-0.05, 0) is 24.1 Å². The molecule has 0 aliphatic rings. The topological polar surface area (TPSA) is 35.2 Å². The van der Waals surface area contributed by atoms with Crippen molar-refractivity contribution in [2.75, 3.05) is 6.61 Å². The van der Waals surface area contributed by atoms with Crippen LogP contribution in [0.3, 0.4) is 0 Å². The van der Waals surface area contributed by atoms with Gasteiger partial charge in [0.15, 0.2) is 0 Å². The van der Waals surface area contributed by atoms with Crippen molar-refractivity contribution in [1.29, 1.82) is 0 Å². The van der Waals surface area contributed by atoms with Crippen molar-refractivity contribution in [3.63, 3.8) is 0 Å². The molecule has 5 heteroatoms. The Kier molecular flexibility index (Phi) is 7.57. The van der Waals surface area contributed by atoms with Crippen LogP contribution in [0.5, 0.6) is 5.75 Å². The molecule has 120 valence electrons. The zero-order valence-electron chi connectivity index (χ0n) is 12.5. The van der Waals surface area contributed by atoms with Crippen molar-refractivity contribution >= 4 is 0 Å². The second-order valence-electron chi connectivity index (χ2n) is 5.14. The highest BCUT2D eigenvalue weighted by molar-refractivity contribution is 5.37. The number of unbranched alkanes of at least 4 members (excludes halogenated alkanes) is 5. The fraction of sp³-hybridized carbons (Fsp3) is 0.625. The van der Waals surface area contributed by atoms with Crippen molar-refractivity contribution < 1.29 is 17.9 Å². The Balaban J connectivity index is 2.46. The average Bonchev–Trinajstić information content (AvgIpc) is 2.45. The Hall–Kier alpha value is -1.23. The van der Waals surface area contributed by atoms with Crippen LogP contribution in [-0.4, -0.2) is 6.61 Å². The SMILES string of the molecule is CCCCCCCCOc1ccc(CN)c(C(F)(F)F)c1. The first-order chi connectivity index (χ1) is 9.99. The molecule has 0 saturated heterocycles. The van der Waals surface area contributed by atoms with E-state index in [0.29, 0.717) is 6.61 Å². The zero-order valence-corrected chi connectivity index (χ0v) is 12.5. The van der Waals surface area contributed by atoms with Crippen LogP contribution in [0.15, 0.2) is 18.2 Å². The predicted octanol–water partition coefficient (Wildman–Crippen LogP) is 4.90. The molecule has 0 amide bonds. The highest BCUT2D eigenvalue weighted by atomic mass is 19.4. The Morgan fingerprint density at radius 2 is 1.71 bits per heavy atom. The van der Waals surface area contributed by atoms with Crippen molar-refractivity contribution in [1.82, 2.24) is 0 Å². The Bertz CT molecular complexity index is 418. The highest BCUT2D eigenvalue weighted by Crippen LogP contribution is 2.34. The molecule has 0 saturated carbocycles. The third-order valence-corrected chi connectivity index (χ3v) is 3.37. The van der Waals surface area contributed by atoms with Gasteiger partial charge in [-0.2, -0.15) is 13.2 Å². The fourth-order valence-corrected chi connectivity index (χ4v) is 2.16. The molecule has 0 heterocycles. The van der Waals surface area contributed by atoms with Gasteiger partial charge < -0.3 is 10.5 Å². The average molecular weight is 303 g/mol. The fourth-order valence-electron chi connectivity index (χ4n) is 2.16. The second kappa shape index (κ2) is 8.93. The molecule has 0 aromatic heterocycles. The standard InChI is InChI=1S/C16H24F3NO/c1-2-3-4-5-6-7-10-21-14-9-8-13(12-20)15(11-14)16(17,18)19/h8-9,11H,2-7,10,12,20H2,1H3. The Labute approximate surface area is 124 Å². The molecule has 0 radical (unpaired) electrons. The number of nitrogens with two attached hydrogens (primary N) is 1. The zero-order chi connectivity index (χ0) is 15.7. The molecule has 1 aromatic rings. The maximum absolute atomic E-state index is 12.9. The number of alkyl halides is 3.